The van der Waals surface area contributed by atoms with Gasteiger partial charge in [-0.1, -0.05) is 13.8 Å². The summed E-state index contributed by atoms with van der Waals surface area (Å²) in [5.74, 6) is -0.154. The first kappa shape index (κ1) is 14.0. The van der Waals surface area contributed by atoms with E-state index in [0.717, 1.165) is 18.8 Å². The zero-order chi connectivity index (χ0) is 12.8. The molecule has 1 fully saturated rings. The summed E-state index contributed by atoms with van der Waals surface area (Å²) in [4.78, 5) is 22.2. The second-order valence-electron chi connectivity index (χ2n) is 5.43. The topological polar surface area (TPSA) is 66.4 Å². The molecule has 1 saturated carbocycles. The van der Waals surface area contributed by atoms with Crippen molar-refractivity contribution in [1.29, 1.82) is 0 Å². The average Bonchev–Trinajstić information content (AvgIpc) is 2.19. The van der Waals surface area contributed by atoms with E-state index in [1.54, 1.807) is 6.92 Å². The molecule has 1 aliphatic rings. The van der Waals surface area contributed by atoms with Gasteiger partial charge in [0, 0.05) is 18.9 Å². The van der Waals surface area contributed by atoms with Gasteiger partial charge in [0.2, 0.25) is 5.91 Å². The molecule has 1 unspecified atom stereocenters. The number of carbonyl (C=O) groups excluding carboxylic acids is 1. The van der Waals surface area contributed by atoms with E-state index in [0.29, 0.717) is 12.5 Å². The van der Waals surface area contributed by atoms with Gasteiger partial charge in [-0.2, -0.15) is 0 Å². The number of carboxylic acid groups (broad SMARTS) is 1. The Morgan fingerprint density at radius 3 is 2.35 bits per heavy atom. The molecule has 0 aromatic carbocycles. The Kier molecular flexibility index (Phi) is 5.45. The van der Waals surface area contributed by atoms with Crippen molar-refractivity contribution in [3.05, 3.63) is 0 Å². The van der Waals surface area contributed by atoms with Crippen LogP contribution in [0.2, 0.25) is 0 Å². The summed E-state index contributed by atoms with van der Waals surface area (Å²) < 4.78 is 0. The van der Waals surface area contributed by atoms with Gasteiger partial charge in [-0.05, 0) is 37.5 Å². The van der Waals surface area contributed by atoms with E-state index in [4.69, 9.17) is 5.11 Å². The number of aliphatic carboxylic acids is 1. The van der Waals surface area contributed by atoms with Gasteiger partial charge in [0.25, 0.3) is 0 Å². The zero-order valence-electron chi connectivity index (χ0n) is 10.7. The number of nitrogens with one attached hydrogen (secondary N) is 1. The van der Waals surface area contributed by atoms with Gasteiger partial charge in [-0.15, -0.1) is 0 Å². The molecule has 0 heterocycles. The highest BCUT2D eigenvalue weighted by Crippen LogP contribution is 2.23. The van der Waals surface area contributed by atoms with Crippen molar-refractivity contribution in [1.82, 2.24) is 5.32 Å². The highest BCUT2D eigenvalue weighted by atomic mass is 16.4. The molecule has 0 aromatic heterocycles. The molecule has 98 valence electrons. The van der Waals surface area contributed by atoms with Gasteiger partial charge in [0.1, 0.15) is 0 Å². The smallest absolute Gasteiger partial charge is 0.303 e. The largest absolute Gasteiger partial charge is 0.481 e. The molecule has 1 aliphatic carbocycles. The zero-order valence-corrected chi connectivity index (χ0v) is 10.7. The predicted octanol–water partition coefficient (Wildman–Crippen LogP) is 2.18. The van der Waals surface area contributed by atoms with Crippen molar-refractivity contribution < 1.29 is 14.7 Å². The minimum Gasteiger partial charge on any atom is -0.481 e. The van der Waals surface area contributed by atoms with Crippen molar-refractivity contribution in [2.75, 3.05) is 0 Å². The van der Waals surface area contributed by atoms with Gasteiger partial charge >= 0.3 is 5.97 Å². The Bertz CT molecular complexity index is 270. The van der Waals surface area contributed by atoms with E-state index >= 15 is 0 Å². The average molecular weight is 241 g/mol. The molecule has 1 amide bonds. The number of hydrogen-bond acceptors (Lipinski definition) is 2. The molecule has 0 aromatic rings. The van der Waals surface area contributed by atoms with E-state index in [9.17, 15) is 9.59 Å². The number of rotatable bonds is 5. The maximum Gasteiger partial charge on any atom is 0.303 e. The van der Waals surface area contributed by atoms with Crippen LogP contribution in [0.4, 0.5) is 0 Å². The van der Waals surface area contributed by atoms with Crippen LogP contribution in [0.3, 0.4) is 0 Å². The summed E-state index contributed by atoms with van der Waals surface area (Å²) in [6.07, 6.45) is 4.85. The van der Waals surface area contributed by atoms with Gasteiger partial charge in [0.15, 0.2) is 0 Å². The van der Waals surface area contributed by atoms with E-state index in [1.165, 1.54) is 12.8 Å². The van der Waals surface area contributed by atoms with Crippen LogP contribution in [0.5, 0.6) is 0 Å². The Labute approximate surface area is 103 Å². The maximum atomic E-state index is 11.7. The lowest BCUT2D eigenvalue weighted by atomic mass is 9.87. The van der Waals surface area contributed by atoms with Crippen molar-refractivity contribution in [3.63, 3.8) is 0 Å². The second kappa shape index (κ2) is 6.62. The van der Waals surface area contributed by atoms with Crippen LogP contribution < -0.4 is 5.32 Å². The first-order valence-corrected chi connectivity index (χ1v) is 6.48. The summed E-state index contributed by atoms with van der Waals surface area (Å²) in [6, 6.07) is 0.302. The normalized spacial score (nSPS) is 26.2. The third-order valence-electron chi connectivity index (χ3n) is 3.44. The SMILES string of the molecule is CC1CCC(NC(=O)CC(C)CC(=O)O)CC1. The van der Waals surface area contributed by atoms with E-state index in [1.807, 2.05) is 0 Å². The first-order valence-electron chi connectivity index (χ1n) is 6.48. The van der Waals surface area contributed by atoms with Crippen molar-refractivity contribution in [3.8, 4) is 0 Å². The van der Waals surface area contributed by atoms with Gasteiger partial charge in [-0.3, -0.25) is 9.59 Å². The van der Waals surface area contributed by atoms with Crippen LogP contribution in [0.15, 0.2) is 0 Å². The minimum atomic E-state index is -0.836. The lowest BCUT2D eigenvalue weighted by molar-refractivity contribution is -0.138. The summed E-state index contributed by atoms with van der Waals surface area (Å²) in [6.45, 7) is 4.05. The molecular weight excluding hydrogens is 218 g/mol. The Hall–Kier alpha value is -1.06. The van der Waals surface area contributed by atoms with Crippen LogP contribution >= 0.6 is 0 Å². The standard InChI is InChI=1S/C13H23NO3/c1-9-3-5-11(6-4-9)14-12(15)7-10(2)8-13(16)17/h9-11H,3-8H2,1-2H3,(H,14,15)(H,16,17). The van der Waals surface area contributed by atoms with Crippen molar-refractivity contribution in [2.45, 2.75) is 58.4 Å². The minimum absolute atomic E-state index is 0.00157. The Balaban J connectivity index is 2.22. The molecule has 2 N–H and O–H groups in total. The van der Waals surface area contributed by atoms with Gasteiger partial charge in [0.05, 0.1) is 0 Å². The fourth-order valence-corrected chi connectivity index (χ4v) is 2.38. The monoisotopic (exact) mass is 241 g/mol. The maximum absolute atomic E-state index is 11.7. The number of amides is 1. The van der Waals surface area contributed by atoms with E-state index in [2.05, 4.69) is 12.2 Å². The van der Waals surface area contributed by atoms with Crippen LogP contribution in [-0.4, -0.2) is 23.0 Å². The highest BCUT2D eigenvalue weighted by Gasteiger charge is 2.20. The molecule has 17 heavy (non-hydrogen) atoms. The van der Waals surface area contributed by atoms with Crippen LogP contribution in [0.1, 0.15) is 52.4 Å². The molecule has 0 spiro atoms. The third kappa shape index (κ3) is 5.71. The number of hydrogen-bond donors (Lipinski definition) is 2. The quantitative estimate of drug-likeness (QED) is 0.775. The molecule has 1 atom stereocenters. The molecule has 0 bridgehead atoms. The van der Waals surface area contributed by atoms with Gasteiger partial charge in [-0.25, -0.2) is 0 Å². The van der Waals surface area contributed by atoms with E-state index in [-0.39, 0.29) is 18.2 Å². The number of carbonyl (C=O) groups is 2. The Morgan fingerprint density at radius 2 is 1.82 bits per heavy atom. The third-order valence-corrected chi connectivity index (χ3v) is 3.44. The van der Waals surface area contributed by atoms with Gasteiger partial charge < -0.3 is 10.4 Å². The fourth-order valence-electron chi connectivity index (χ4n) is 2.38. The molecule has 0 aliphatic heterocycles. The highest BCUT2D eigenvalue weighted by molar-refractivity contribution is 5.77. The molecular formula is C13H23NO3. The summed E-state index contributed by atoms with van der Waals surface area (Å²) in [5.41, 5.74) is 0. The summed E-state index contributed by atoms with van der Waals surface area (Å²) >= 11 is 0. The second-order valence-corrected chi connectivity index (χ2v) is 5.43. The lowest BCUT2D eigenvalue weighted by Crippen LogP contribution is -2.38. The first-order chi connectivity index (χ1) is 7.97. The molecule has 4 heteroatoms. The number of carboxylic acids is 1. The van der Waals surface area contributed by atoms with Crippen LogP contribution in [-0.2, 0) is 9.59 Å². The summed E-state index contributed by atoms with van der Waals surface area (Å²) in [5, 5.41) is 11.6. The predicted molar refractivity (Wildman–Crippen MR) is 65.6 cm³/mol. The molecule has 0 radical (unpaired) electrons. The lowest BCUT2D eigenvalue weighted by Gasteiger charge is -2.27. The Morgan fingerprint density at radius 1 is 1.24 bits per heavy atom. The molecule has 4 nitrogen and oxygen atoms in total. The van der Waals surface area contributed by atoms with Crippen molar-refractivity contribution in [2.24, 2.45) is 11.8 Å². The van der Waals surface area contributed by atoms with E-state index < -0.39 is 5.97 Å². The van der Waals surface area contributed by atoms with Crippen LogP contribution in [0, 0.1) is 11.8 Å². The molecule has 1 rings (SSSR count). The molecule has 0 saturated heterocycles. The van der Waals surface area contributed by atoms with Crippen LogP contribution in [0.25, 0.3) is 0 Å². The summed E-state index contributed by atoms with van der Waals surface area (Å²) in [7, 11) is 0. The van der Waals surface area contributed by atoms with Crippen molar-refractivity contribution >= 4 is 11.9 Å². The fraction of sp³-hybridized carbons (Fsp3) is 0.846.